The summed E-state index contributed by atoms with van der Waals surface area (Å²) < 4.78 is 11.7. The number of carbonyl (C=O) groups excluding carboxylic acids is 4. The smallest absolute Gasteiger partial charge is 0.309 e. The lowest BCUT2D eigenvalue weighted by Gasteiger charge is -2.70. The van der Waals surface area contributed by atoms with Gasteiger partial charge in [-0.25, -0.2) is 0 Å². The van der Waals surface area contributed by atoms with Crippen LogP contribution in [-0.2, 0) is 28.7 Å². The fourth-order valence-electron chi connectivity index (χ4n) is 10.5. The lowest BCUT2D eigenvalue weighted by atomic mass is 9.34. The van der Waals surface area contributed by atoms with Gasteiger partial charge in [0.25, 0.3) is 0 Å². The Morgan fingerprint density at radius 2 is 1.68 bits per heavy atom. The van der Waals surface area contributed by atoms with Crippen molar-refractivity contribution in [2.75, 3.05) is 0 Å². The zero-order valence-corrected chi connectivity index (χ0v) is 26.1. The summed E-state index contributed by atoms with van der Waals surface area (Å²) >= 11 is 0. The number of ketones is 1. The summed E-state index contributed by atoms with van der Waals surface area (Å²) in [7, 11) is 0. The van der Waals surface area contributed by atoms with Gasteiger partial charge in [0.15, 0.2) is 5.78 Å². The predicted octanol–water partition coefficient (Wildman–Crippen LogP) is 7.03. The molecule has 0 N–H and O–H groups in total. The molecule has 0 aromatic heterocycles. The van der Waals surface area contributed by atoms with Crippen molar-refractivity contribution in [1.29, 1.82) is 0 Å². The van der Waals surface area contributed by atoms with Crippen molar-refractivity contribution in [3.63, 3.8) is 0 Å². The molecule has 4 aliphatic carbocycles. The molecule has 0 heterocycles. The van der Waals surface area contributed by atoms with Crippen LogP contribution in [0.25, 0.3) is 0 Å². The van der Waals surface area contributed by atoms with E-state index in [4.69, 9.17) is 9.47 Å². The number of esters is 2. The molecule has 3 saturated carbocycles. The highest BCUT2D eigenvalue weighted by Gasteiger charge is 2.69. The first kappa shape index (κ1) is 31.0. The normalized spacial score (nSPS) is 43.2. The largest absolute Gasteiger partial charge is 0.462 e. The Balaban J connectivity index is 1.76. The number of allylic oxidation sites excluding steroid dienone is 2. The molecule has 224 valence electrons. The highest BCUT2D eigenvalue weighted by atomic mass is 16.6. The van der Waals surface area contributed by atoms with Crippen molar-refractivity contribution in [1.82, 2.24) is 0 Å². The number of ether oxygens (including phenoxy) is 2. The minimum atomic E-state index is -0.687. The first-order chi connectivity index (χ1) is 18.7. The number of fused-ring (bicyclic) bond motifs is 5. The van der Waals surface area contributed by atoms with Crippen LogP contribution in [0.3, 0.4) is 0 Å². The second-order valence-electron chi connectivity index (χ2n) is 14.6. The van der Waals surface area contributed by atoms with Crippen LogP contribution < -0.4 is 0 Å². The van der Waals surface area contributed by atoms with Crippen molar-refractivity contribution in [2.24, 2.45) is 45.3 Å². The second kappa shape index (κ2) is 11.0. The summed E-state index contributed by atoms with van der Waals surface area (Å²) in [5, 5.41) is 0. The van der Waals surface area contributed by atoms with E-state index in [1.807, 2.05) is 6.08 Å². The fraction of sp³-hybridized carbons (Fsp3) is 0.824. The Kier molecular flexibility index (Phi) is 8.53. The molecule has 0 saturated heterocycles. The van der Waals surface area contributed by atoms with Crippen LogP contribution in [0.5, 0.6) is 0 Å². The molecule has 0 aromatic carbocycles. The van der Waals surface area contributed by atoms with E-state index < -0.39 is 29.5 Å². The molecule has 0 radical (unpaired) electrons. The molecule has 40 heavy (non-hydrogen) atoms. The van der Waals surface area contributed by atoms with E-state index in [0.29, 0.717) is 35.7 Å². The summed E-state index contributed by atoms with van der Waals surface area (Å²) in [6, 6.07) is 0. The first-order valence-electron chi connectivity index (χ1n) is 15.8. The molecule has 0 bridgehead atoms. The first-order valence-corrected chi connectivity index (χ1v) is 15.8. The molecule has 6 nitrogen and oxygen atoms in total. The summed E-state index contributed by atoms with van der Waals surface area (Å²) in [4.78, 5) is 50.7. The number of aldehydes is 1. The molecular weight excluding hydrogens is 504 g/mol. The van der Waals surface area contributed by atoms with Crippen molar-refractivity contribution in [2.45, 2.75) is 132 Å². The number of carbonyl (C=O) groups is 4. The summed E-state index contributed by atoms with van der Waals surface area (Å²) in [5.74, 6) is -0.396. The van der Waals surface area contributed by atoms with E-state index in [0.717, 1.165) is 12.7 Å². The molecule has 4 rings (SSSR count). The monoisotopic (exact) mass is 556 g/mol. The molecule has 0 aliphatic heterocycles. The van der Waals surface area contributed by atoms with Crippen LogP contribution in [0.2, 0.25) is 0 Å². The summed E-state index contributed by atoms with van der Waals surface area (Å²) in [6.45, 7) is 16.8. The maximum absolute atomic E-state index is 13.4. The van der Waals surface area contributed by atoms with E-state index in [2.05, 4.69) is 34.6 Å². The molecular formula is C34H52O6. The van der Waals surface area contributed by atoms with Crippen LogP contribution in [-0.4, -0.2) is 36.2 Å². The molecule has 6 heteroatoms. The number of Topliss-reactive ketones (excluding diaryl/α,β-unsaturated/α-hetero) is 1. The van der Waals surface area contributed by atoms with Gasteiger partial charge in [0.1, 0.15) is 18.5 Å². The number of hydrogen-bond donors (Lipinski definition) is 0. The molecule has 0 spiro atoms. The standard InChI is InChI=1S/C34H52O6/c1-9-29(37)39-21(3)18-30(38)40-28-19-27-32(6)16-11-15-31(5,10-2)25(32)14-17-33(27,7)26-13-12-23(22(4)36)24(20-35)34(26,28)8/h12,20-21,24-28H,9-11,13-19H2,1-8H3. The summed E-state index contributed by atoms with van der Waals surface area (Å²) in [5.41, 5.74) is 0.261. The quantitative estimate of drug-likeness (QED) is 0.236. The van der Waals surface area contributed by atoms with Gasteiger partial charge in [-0.05, 0) is 86.4 Å². The van der Waals surface area contributed by atoms with Crippen molar-refractivity contribution >= 4 is 24.0 Å². The highest BCUT2D eigenvalue weighted by Crippen LogP contribution is 2.73. The van der Waals surface area contributed by atoms with Crippen LogP contribution in [0.1, 0.15) is 120 Å². The van der Waals surface area contributed by atoms with Gasteiger partial charge in [-0.2, -0.15) is 0 Å². The molecule has 10 unspecified atom stereocenters. The van der Waals surface area contributed by atoms with Gasteiger partial charge in [0.05, 0.1) is 12.3 Å². The van der Waals surface area contributed by atoms with E-state index in [1.165, 1.54) is 39.0 Å². The second-order valence-corrected chi connectivity index (χ2v) is 14.6. The molecule has 3 fully saturated rings. The Labute approximate surface area is 241 Å². The zero-order valence-electron chi connectivity index (χ0n) is 26.1. The Bertz CT molecular complexity index is 1060. The van der Waals surface area contributed by atoms with Gasteiger partial charge in [0.2, 0.25) is 0 Å². The summed E-state index contributed by atoms with van der Waals surface area (Å²) in [6.07, 6.45) is 10.6. The van der Waals surface area contributed by atoms with Gasteiger partial charge in [-0.3, -0.25) is 14.4 Å². The van der Waals surface area contributed by atoms with Gasteiger partial charge >= 0.3 is 11.9 Å². The third-order valence-corrected chi connectivity index (χ3v) is 12.6. The van der Waals surface area contributed by atoms with Crippen LogP contribution in [0.15, 0.2) is 11.6 Å². The predicted molar refractivity (Wildman–Crippen MR) is 154 cm³/mol. The SMILES string of the molecule is CCC(=O)OC(C)CC(=O)OC1CC2C3(C)CCCC(C)(CC)C3CCC2(C)C2CC=C(C(C)=O)C(C=O)C12C. The van der Waals surface area contributed by atoms with E-state index >= 15 is 0 Å². The van der Waals surface area contributed by atoms with Crippen molar-refractivity contribution in [3.8, 4) is 0 Å². The van der Waals surface area contributed by atoms with Gasteiger partial charge in [-0.15, -0.1) is 0 Å². The van der Waals surface area contributed by atoms with Gasteiger partial charge < -0.3 is 14.3 Å². The van der Waals surface area contributed by atoms with Crippen LogP contribution >= 0.6 is 0 Å². The zero-order chi connectivity index (χ0) is 29.7. The molecule has 0 aromatic rings. The maximum Gasteiger partial charge on any atom is 0.309 e. The van der Waals surface area contributed by atoms with E-state index in [1.54, 1.807) is 13.8 Å². The molecule has 4 aliphatic rings. The van der Waals surface area contributed by atoms with Crippen LogP contribution in [0, 0.1) is 45.3 Å². The lowest BCUT2D eigenvalue weighted by molar-refractivity contribution is -0.240. The molecule has 10 atom stereocenters. The number of hydrogen-bond acceptors (Lipinski definition) is 6. The average Bonchev–Trinajstić information content (AvgIpc) is 2.88. The Morgan fingerprint density at radius 3 is 2.27 bits per heavy atom. The van der Waals surface area contributed by atoms with Gasteiger partial charge in [-0.1, -0.05) is 60.5 Å². The number of rotatable bonds is 8. The average molecular weight is 557 g/mol. The van der Waals surface area contributed by atoms with Crippen molar-refractivity contribution in [3.05, 3.63) is 11.6 Å². The topological polar surface area (TPSA) is 86.7 Å². The Hall–Kier alpha value is -1.98. The minimum absolute atomic E-state index is 0.0279. The van der Waals surface area contributed by atoms with Crippen molar-refractivity contribution < 1.29 is 28.7 Å². The maximum atomic E-state index is 13.4. The molecule has 0 amide bonds. The van der Waals surface area contributed by atoms with Crippen LogP contribution in [0.4, 0.5) is 0 Å². The minimum Gasteiger partial charge on any atom is -0.462 e. The van der Waals surface area contributed by atoms with E-state index in [9.17, 15) is 19.2 Å². The third kappa shape index (κ3) is 4.79. The van der Waals surface area contributed by atoms with Gasteiger partial charge in [0, 0.05) is 17.4 Å². The Morgan fingerprint density at radius 1 is 1.00 bits per heavy atom. The highest BCUT2D eigenvalue weighted by molar-refractivity contribution is 5.97. The van der Waals surface area contributed by atoms with E-state index in [-0.39, 0.29) is 41.3 Å². The fourth-order valence-corrected chi connectivity index (χ4v) is 10.5. The third-order valence-electron chi connectivity index (χ3n) is 12.6. The lowest BCUT2D eigenvalue weighted by Crippen LogP contribution is -2.67.